The van der Waals surface area contributed by atoms with Gasteiger partial charge in [-0.2, -0.15) is 0 Å². The van der Waals surface area contributed by atoms with Gasteiger partial charge in [0.25, 0.3) is 5.91 Å². The number of rotatable bonds is 4. The van der Waals surface area contributed by atoms with Gasteiger partial charge in [0.2, 0.25) is 0 Å². The predicted molar refractivity (Wildman–Crippen MR) is 90.8 cm³/mol. The van der Waals surface area contributed by atoms with Crippen LogP contribution in [0.25, 0.3) is 11.3 Å². The monoisotopic (exact) mass is 324 g/mol. The summed E-state index contributed by atoms with van der Waals surface area (Å²) in [5.41, 5.74) is 2.85. The molecule has 0 aliphatic carbocycles. The fourth-order valence-corrected chi connectivity index (χ4v) is 3.02. The third kappa shape index (κ3) is 3.79. The molecule has 1 aliphatic rings. The van der Waals surface area contributed by atoms with Gasteiger partial charge in [-0.15, -0.1) is 0 Å². The predicted octanol–water partition coefficient (Wildman–Crippen LogP) is 3.00. The number of aromatic nitrogens is 1. The number of carbonyl (C=O) groups excluding carboxylic acids is 1. The van der Waals surface area contributed by atoms with Crippen LogP contribution in [0.15, 0.2) is 42.6 Å². The van der Waals surface area contributed by atoms with Crippen molar-refractivity contribution in [1.29, 1.82) is 0 Å². The van der Waals surface area contributed by atoms with E-state index in [1.807, 2.05) is 23.1 Å². The number of hydrogen-bond acceptors (Lipinski definition) is 3. The van der Waals surface area contributed by atoms with Crippen molar-refractivity contribution in [1.82, 2.24) is 9.88 Å². The van der Waals surface area contributed by atoms with E-state index >= 15 is 0 Å². The molecule has 1 saturated heterocycles. The fourth-order valence-electron chi connectivity index (χ4n) is 3.02. The minimum Gasteiger partial charge on any atom is -0.481 e. The van der Waals surface area contributed by atoms with E-state index in [0.29, 0.717) is 11.3 Å². The second-order valence-electron chi connectivity index (χ2n) is 6.05. The zero-order valence-electron chi connectivity index (χ0n) is 13.4. The van der Waals surface area contributed by atoms with Crippen molar-refractivity contribution >= 4 is 11.9 Å². The first-order valence-corrected chi connectivity index (χ1v) is 8.20. The van der Waals surface area contributed by atoms with E-state index in [0.717, 1.165) is 37.1 Å². The van der Waals surface area contributed by atoms with Crippen molar-refractivity contribution in [2.45, 2.75) is 25.7 Å². The highest BCUT2D eigenvalue weighted by Crippen LogP contribution is 2.21. The maximum absolute atomic E-state index is 12.6. The molecule has 1 amide bonds. The number of pyridine rings is 1. The normalized spacial score (nSPS) is 14.4. The Balaban J connectivity index is 1.85. The molecule has 2 heterocycles. The average Bonchev–Trinajstić information content (AvgIpc) is 2.62. The SMILES string of the molecule is O=C(O)Cc1cccc(-c2cc(C(=O)N3CCCCC3)ccn2)c1. The van der Waals surface area contributed by atoms with Gasteiger partial charge in [-0.3, -0.25) is 14.6 Å². The summed E-state index contributed by atoms with van der Waals surface area (Å²) >= 11 is 0. The molecule has 0 saturated carbocycles. The van der Waals surface area contributed by atoms with Crippen LogP contribution in [-0.4, -0.2) is 40.0 Å². The van der Waals surface area contributed by atoms with Gasteiger partial charge < -0.3 is 10.0 Å². The molecule has 0 spiro atoms. The van der Waals surface area contributed by atoms with Crippen LogP contribution in [0.3, 0.4) is 0 Å². The number of piperidine rings is 1. The van der Waals surface area contributed by atoms with Gasteiger partial charge in [-0.25, -0.2) is 0 Å². The maximum atomic E-state index is 12.6. The molecule has 1 aliphatic heterocycles. The molecule has 0 atom stereocenters. The van der Waals surface area contributed by atoms with Crippen molar-refractivity contribution in [3.63, 3.8) is 0 Å². The van der Waals surface area contributed by atoms with Gasteiger partial charge in [0, 0.05) is 30.4 Å². The van der Waals surface area contributed by atoms with Gasteiger partial charge in [-0.05, 0) is 43.0 Å². The zero-order valence-corrected chi connectivity index (χ0v) is 13.4. The summed E-state index contributed by atoms with van der Waals surface area (Å²) < 4.78 is 0. The number of likely N-dealkylation sites (tertiary alicyclic amines) is 1. The summed E-state index contributed by atoms with van der Waals surface area (Å²) in [5.74, 6) is -0.825. The number of carboxylic acid groups (broad SMARTS) is 1. The Morgan fingerprint density at radius 1 is 1.08 bits per heavy atom. The molecule has 0 unspecified atom stereocenters. The molecule has 5 nitrogen and oxygen atoms in total. The van der Waals surface area contributed by atoms with Crippen LogP contribution in [0.1, 0.15) is 35.2 Å². The molecule has 5 heteroatoms. The summed E-state index contributed by atoms with van der Waals surface area (Å²) in [6.45, 7) is 1.62. The van der Waals surface area contributed by atoms with Crippen molar-refractivity contribution < 1.29 is 14.7 Å². The van der Waals surface area contributed by atoms with Crippen LogP contribution >= 0.6 is 0 Å². The molecule has 1 N–H and O–H groups in total. The lowest BCUT2D eigenvalue weighted by Gasteiger charge is -2.26. The van der Waals surface area contributed by atoms with Gasteiger partial charge >= 0.3 is 5.97 Å². The number of aliphatic carboxylic acids is 1. The van der Waals surface area contributed by atoms with Crippen LogP contribution in [0.2, 0.25) is 0 Å². The summed E-state index contributed by atoms with van der Waals surface area (Å²) in [7, 11) is 0. The van der Waals surface area contributed by atoms with Gasteiger partial charge in [0.15, 0.2) is 0 Å². The van der Waals surface area contributed by atoms with Crippen molar-refractivity contribution in [3.05, 3.63) is 53.7 Å². The molecule has 0 bridgehead atoms. The van der Waals surface area contributed by atoms with Crippen LogP contribution in [0.4, 0.5) is 0 Å². The van der Waals surface area contributed by atoms with E-state index < -0.39 is 5.97 Å². The first-order valence-electron chi connectivity index (χ1n) is 8.20. The van der Waals surface area contributed by atoms with Crippen molar-refractivity contribution in [3.8, 4) is 11.3 Å². The average molecular weight is 324 g/mol. The Labute approximate surface area is 140 Å². The summed E-state index contributed by atoms with van der Waals surface area (Å²) in [5, 5.41) is 8.92. The van der Waals surface area contributed by atoms with Crippen molar-refractivity contribution in [2.75, 3.05) is 13.1 Å². The van der Waals surface area contributed by atoms with Gasteiger partial charge in [0.05, 0.1) is 12.1 Å². The highest BCUT2D eigenvalue weighted by Gasteiger charge is 2.18. The molecule has 124 valence electrons. The number of carbonyl (C=O) groups is 2. The van der Waals surface area contributed by atoms with Crippen LogP contribution in [-0.2, 0) is 11.2 Å². The fraction of sp³-hybridized carbons (Fsp3) is 0.316. The molecular weight excluding hydrogens is 304 g/mol. The van der Waals surface area contributed by atoms with Crippen LogP contribution < -0.4 is 0 Å². The Morgan fingerprint density at radius 3 is 2.62 bits per heavy atom. The summed E-state index contributed by atoms with van der Waals surface area (Å²) in [4.78, 5) is 29.7. The van der Waals surface area contributed by atoms with E-state index in [4.69, 9.17) is 5.11 Å². The topological polar surface area (TPSA) is 70.5 Å². The first-order chi connectivity index (χ1) is 11.6. The van der Waals surface area contributed by atoms with Crippen LogP contribution in [0.5, 0.6) is 0 Å². The first kappa shape index (κ1) is 16.2. The molecule has 3 rings (SSSR count). The van der Waals surface area contributed by atoms with E-state index in [1.165, 1.54) is 6.42 Å². The van der Waals surface area contributed by atoms with E-state index in [9.17, 15) is 9.59 Å². The third-order valence-electron chi connectivity index (χ3n) is 4.23. The van der Waals surface area contributed by atoms with E-state index in [1.54, 1.807) is 24.4 Å². The second kappa shape index (κ2) is 7.25. The number of amides is 1. The molecule has 1 aromatic carbocycles. The summed E-state index contributed by atoms with van der Waals surface area (Å²) in [6, 6.07) is 10.8. The standard InChI is InChI=1S/C19H20N2O3/c22-18(23)12-14-5-4-6-15(11-14)17-13-16(7-8-20-17)19(24)21-9-2-1-3-10-21/h4-8,11,13H,1-3,9-10,12H2,(H,22,23). The molecule has 24 heavy (non-hydrogen) atoms. The maximum Gasteiger partial charge on any atom is 0.307 e. The smallest absolute Gasteiger partial charge is 0.307 e. The zero-order chi connectivity index (χ0) is 16.9. The number of carboxylic acids is 1. The van der Waals surface area contributed by atoms with Crippen LogP contribution in [0, 0.1) is 0 Å². The Kier molecular flexibility index (Phi) is 4.89. The largest absolute Gasteiger partial charge is 0.481 e. The molecule has 1 fully saturated rings. The number of benzene rings is 1. The van der Waals surface area contributed by atoms with Gasteiger partial charge in [-0.1, -0.05) is 18.2 Å². The Hall–Kier alpha value is -2.69. The Bertz CT molecular complexity index is 752. The lowest BCUT2D eigenvalue weighted by Crippen LogP contribution is -2.35. The van der Waals surface area contributed by atoms with E-state index in [2.05, 4.69) is 4.98 Å². The molecule has 0 radical (unpaired) electrons. The highest BCUT2D eigenvalue weighted by molar-refractivity contribution is 5.95. The molecule has 1 aromatic heterocycles. The highest BCUT2D eigenvalue weighted by atomic mass is 16.4. The third-order valence-corrected chi connectivity index (χ3v) is 4.23. The lowest BCUT2D eigenvalue weighted by atomic mass is 10.0. The minimum absolute atomic E-state index is 0.0275. The Morgan fingerprint density at radius 2 is 1.88 bits per heavy atom. The quantitative estimate of drug-likeness (QED) is 0.938. The lowest BCUT2D eigenvalue weighted by molar-refractivity contribution is -0.136. The summed E-state index contributed by atoms with van der Waals surface area (Å²) in [6.07, 6.45) is 4.90. The number of nitrogens with zero attached hydrogens (tertiary/aromatic N) is 2. The minimum atomic E-state index is -0.867. The van der Waals surface area contributed by atoms with Gasteiger partial charge in [0.1, 0.15) is 0 Å². The van der Waals surface area contributed by atoms with Crippen molar-refractivity contribution in [2.24, 2.45) is 0 Å². The molecule has 2 aromatic rings. The second-order valence-corrected chi connectivity index (χ2v) is 6.05. The molecular formula is C19H20N2O3. The number of hydrogen-bond donors (Lipinski definition) is 1. The van der Waals surface area contributed by atoms with E-state index in [-0.39, 0.29) is 12.3 Å².